The molecule has 0 spiro atoms. The third-order valence-corrected chi connectivity index (χ3v) is 3.09. The van der Waals surface area contributed by atoms with E-state index in [2.05, 4.69) is 24.6 Å². The fraction of sp³-hybridized carbons (Fsp3) is 0.923. The minimum atomic E-state index is -4.94. The van der Waals surface area contributed by atoms with Crippen LogP contribution in [-0.4, -0.2) is 23.9 Å². The normalized spacial score (nSPS) is 16.5. The van der Waals surface area contributed by atoms with Crippen LogP contribution in [0.2, 0.25) is 0 Å². The molecule has 0 N–H and O–H groups in total. The number of nitrogens with zero attached hydrogens (tertiary/aromatic N) is 1. The predicted octanol–water partition coefficient (Wildman–Crippen LogP) is -1.29. The highest BCUT2D eigenvalue weighted by atomic mass is 35.7. The summed E-state index contributed by atoms with van der Waals surface area (Å²) in [5.74, 6) is 0.891. The van der Waals surface area contributed by atoms with Crippen molar-refractivity contribution in [3.8, 4) is 0 Å². The van der Waals surface area contributed by atoms with Gasteiger partial charge in [-0.25, -0.2) is 23.2 Å². The highest BCUT2D eigenvalue weighted by molar-refractivity contribution is 5.55. The first-order valence-electron chi connectivity index (χ1n) is 7.07. The van der Waals surface area contributed by atoms with Crippen molar-refractivity contribution in [2.45, 2.75) is 58.8 Å². The van der Waals surface area contributed by atoms with Crippen molar-refractivity contribution in [1.29, 1.82) is 0 Å². The lowest BCUT2D eigenvalue weighted by Crippen LogP contribution is -2.68. The van der Waals surface area contributed by atoms with Crippen LogP contribution in [0.3, 0.4) is 0 Å². The zero-order valence-corrected chi connectivity index (χ0v) is 12.7. The highest BCUT2D eigenvalue weighted by Gasteiger charge is 2.15. The minimum absolute atomic E-state index is 0.891. The van der Waals surface area contributed by atoms with Gasteiger partial charge in [0.1, 0.15) is 19.3 Å². The largest absolute Gasteiger partial charge is 0.239 e. The number of hydrogen-bond donors (Lipinski definition) is 0. The Bertz CT molecular complexity index is 234. The Morgan fingerprint density at radius 3 is 1.74 bits per heavy atom. The summed E-state index contributed by atoms with van der Waals surface area (Å²) in [7, 11) is -4.94. The maximum atomic E-state index is 8.49. The first-order valence-corrected chi connectivity index (χ1v) is 8.31. The van der Waals surface area contributed by atoms with Crippen LogP contribution in [-0.2, 0) is 0 Å². The smallest absolute Gasteiger partial charge is 0.142 e. The van der Waals surface area contributed by atoms with E-state index < -0.39 is 10.2 Å². The average molecular weight is 296 g/mol. The summed E-state index contributed by atoms with van der Waals surface area (Å²) in [5, 5.41) is 0. The van der Waals surface area contributed by atoms with Crippen LogP contribution in [0, 0.1) is 16.2 Å². The van der Waals surface area contributed by atoms with Gasteiger partial charge >= 0.3 is 0 Å². The molecule has 0 aromatic heterocycles. The van der Waals surface area contributed by atoms with Crippen LogP contribution in [0.1, 0.15) is 58.8 Å². The second kappa shape index (κ2) is 10.6. The van der Waals surface area contributed by atoms with E-state index in [9.17, 15) is 0 Å². The standard InChI is InChI=1S/C13H26N.ClHO4/c1-3-10-14(11-4-2)12-13-8-6-5-7-9-13;2-1(3,4)5/h12-13H,3-11H2,1-2H3;(H,2,3,4,5)/q+1;/p-1. The van der Waals surface area contributed by atoms with Crippen molar-refractivity contribution in [1.82, 2.24) is 0 Å². The molecule has 19 heavy (non-hydrogen) atoms. The summed E-state index contributed by atoms with van der Waals surface area (Å²) in [6.45, 7) is 7.06. The summed E-state index contributed by atoms with van der Waals surface area (Å²) in [6, 6.07) is 0. The van der Waals surface area contributed by atoms with Gasteiger partial charge in [-0.05, 0) is 12.8 Å². The van der Waals surface area contributed by atoms with Gasteiger partial charge in [-0.2, -0.15) is 0 Å². The topological polar surface area (TPSA) is 95.2 Å². The van der Waals surface area contributed by atoms with E-state index in [0.717, 1.165) is 5.92 Å². The number of halogens is 1. The summed E-state index contributed by atoms with van der Waals surface area (Å²) in [5.41, 5.74) is 0. The summed E-state index contributed by atoms with van der Waals surface area (Å²) < 4.78 is 36.5. The van der Waals surface area contributed by atoms with Crippen LogP contribution in [0.5, 0.6) is 0 Å². The zero-order valence-electron chi connectivity index (χ0n) is 12.0. The molecule has 0 heterocycles. The Morgan fingerprint density at radius 2 is 1.37 bits per heavy atom. The molecule has 1 fully saturated rings. The van der Waals surface area contributed by atoms with Crippen molar-refractivity contribution < 1.29 is 33.5 Å². The highest BCUT2D eigenvalue weighted by Crippen LogP contribution is 2.21. The molecular formula is C13H26ClNO4. The van der Waals surface area contributed by atoms with Crippen molar-refractivity contribution in [2.75, 3.05) is 13.1 Å². The third-order valence-electron chi connectivity index (χ3n) is 3.09. The summed E-state index contributed by atoms with van der Waals surface area (Å²) in [6.07, 6.45) is 12.3. The van der Waals surface area contributed by atoms with Gasteiger partial charge < -0.3 is 0 Å². The maximum Gasteiger partial charge on any atom is 0.142 e. The van der Waals surface area contributed by atoms with E-state index in [0.29, 0.717) is 0 Å². The van der Waals surface area contributed by atoms with Crippen molar-refractivity contribution in [3.63, 3.8) is 0 Å². The average Bonchev–Trinajstić information content (AvgIpc) is 2.29. The molecule has 114 valence electrons. The summed E-state index contributed by atoms with van der Waals surface area (Å²) in [4.78, 5) is 0. The fourth-order valence-corrected chi connectivity index (χ4v) is 2.42. The van der Waals surface area contributed by atoms with Crippen LogP contribution < -0.4 is 18.6 Å². The van der Waals surface area contributed by atoms with E-state index in [4.69, 9.17) is 18.6 Å². The zero-order chi connectivity index (χ0) is 14.7. The molecule has 6 heteroatoms. The van der Waals surface area contributed by atoms with Crippen molar-refractivity contribution >= 4 is 6.21 Å². The van der Waals surface area contributed by atoms with Gasteiger partial charge in [0, 0.05) is 18.8 Å². The lowest BCUT2D eigenvalue weighted by Gasteiger charge is -2.17. The molecule has 0 aromatic rings. The summed E-state index contributed by atoms with van der Waals surface area (Å²) >= 11 is 0. The van der Waals surface area contributed by atoms with Gasteiger partial charge in [-0.15, -0.1) is 10.2 Å². The lowest BCUT2D eigenvalue weighted by molar-refractivity contribution is -2.00. The van der Waals surface area contributed by atoms with Crippen molar-refractivity contribution in [3.05, 3.63) is 0 Å². The van der Waals surface area contributed by atoms with E-state index in [-0.39, 0.29) is 0 Å². The maximum absolute atomic E-state index is 8.49. The first kappa shape index (κ1) is 18.8. The van der Waals surface area contributed by atoms with Crippen LogP contribution >= 0.6 is 0 Å². The van der Waals surface area contributed by atoms with Crippen LogP contribution in [0.25, 0.3) is 0 Å². The Balaban J connectivity index is 0.000000555. The van der Waals surface area contributed by atoms with Gasteiger partial charge in [0.15, 0.2) is 0 Å². The molecule has 0 atom stereocenters. The first-order chi connectivity index (χ1) is 8.86. The van der Waals surface area contributed by atoms with Gasteiger partial charge in [0.05, 0.1) is 0 Å². The molecule has 1 saturated carbocycles. The molecule has 1 aliphatic carbocycles. The Labute approximate surface area is 118 Å². The minimum Gasteiger partial charge on any atom is -0.239 e. The third kappa shape index (κ3) is 14.0. The SMILES string of the molecule is CCC[N+](=CC1CCCCC1)CCC.[O-][Cl+3]([O-])([O-])[O-]. The second-order valence-electron chi connectivity index (χ2n) is 4.96. The van der Waals surface area contributed by atoms with Crippen molar-refractivity contribution in [2.24, 2.45) is 5.92 Å². The molecule has 5 nitrogen and oxygen atoms in total. The molecular weight excluding hydrogens is 270 g/mol. The van der Waals surface area contributed by atoms with Gasteiger partial charge in [0.2, 0.25) is 0 Å². The number of rotatable bonds is 5. The lowest BCUT2D eigenvalue weighted by atomic mass is 9.90. The molecule has 0 aromatic carbocycles. The monoisotopic (exact) mass is 295 g/mol. The Kier molecular flexibility index (Phi) is 10.5. The molecule has 1 aliphatic rings. The number of hydrogen-bond acceptors (Lipinski definition) is 4. The molecule has 0 unspecified atom stereocenters. The molecule has 1 rings (SSSR count). The quantitative estimate of drug-likeness (QED) is 0.466. The van der Waals surface area contributed by atoms with E-state index in [1.54, 1.807) is 0 Å². The van der Waals surface area contributed by atoms with Gasteiger partial charge in [-0.3, -0.25) is 0 Å². The molecule has 0 bridgehead atoms. The van der Waals surface area contributed by atoms with E-state index in [1.165, 1.54) is 58.0 Å². The predicted molar refractivity (Wildman–Crippen MR) is 63.2 cm³/mol. The second-order valence-corrected chi connectivity index (χ2v) is 5.72. The van der Waals surface area contributed by atoms with Crippen LogP contribution in [0.4, 0.5) is 0 Å². The molecule has 0 amide bonds. The molecule has 0 aliphatic heterocycles. The molecule has 0 radical (unpaired) electrons. The van der Waals surface area contributed by atoms with Gasteiger partial charge in [-0.1, -0.05) is 33.1 Å². The van der Waals surface area contributed by atoms with Crippen LogP contribution in [0.15, 0.2) is 0 Å². The Morgan fingerprint density at radius 1 is 0.947 bits per heavy atom. The Hall–Kier alpha value is -0.200. The fourth-order valence-electron chi connectivity index (χ4n) is 2.42. The van der Waals surface area contributed by atoms with E-state index >= 15 is 0 Å². The van der Waals surface area contributed by atoms with Gasteiger partial charge in [0.25, 0.3) is 0 Å². The molecule has 0 saturated heterocycles. The van der Waals surface area contributed by atoms with E-state index in [1.807, 2.05) is 0 Å².